The lowest BCUT2D eigenvalue weighted by Crippen LogP contribution is -2.38. The largest absolute Gasteiger partial charge is 0.492 e. The van der Waals surface area contributed by atoms with Crippen molar-refractivity contribution in [3.8, 4) is 5.88 Å². The second-order valence-electron chi connectivity index (χ2n) is 3.86. The van der Waals surface area contributed by atoms with Gasteiger partial charge in [-0.15, -0.1) is 0 Å². The van der Waals surface area contributed by atoms with E-state index in [4.69, 9.17) is 9.47 Å². The Kier molecular flexibility index (Phi) is 3.69. The molecule has 94 valence electrons. The standard InChI is InChI=1S/C10H13IN2O4/c1-16-10(2-4-17-5-3-10)9-12-7(14)6(11)8(15)13-9/h2-5H2,1H3,(H2,12,13,14,15). The van der Waals surface area contributed by atoms with E-state index >= 15 is 0 Å². The first-order chi connectivity index (χ1) is 8.09. The van der Waals surface area contributed by atoms with Crippen molar-refractivity contribution in [3.63, 3.8) is 0 Å². The number of nitrogens with one attached hydrogen (secondary N) is 1. The van der Waals surface area contributed by atoms with Crippen molar-refractivity contribution in [2.45, 2.75) is 18.4 Å². The topological polar surface area (TPSA) is 84.4 Å². The van der Waals surface area contributed by atoms with Crippen LogP contribution in [0.1, 0.15) is 18.7 Å². The minimum atomic E-state index is -0.667. The highest BCUT2D eigenvalue weighted by molar-refractivity contribution is 14.1. The number of aromatic nitrogens is 2. The molecule has 2 N–H and O–H groups in total. The van der Waals surface area contributed by atoms with Gasteiger partial charge in [-0.1, -0.05) is 0 Å². The van der Waals surface area contributed by atoms with Crippen molar-refractivity contribution in [1.29, 1.82) is 0 Å². The summed E-state index contributed by atoms with van der Waals surface area (Å²) in [6.45, 7) is 1.09. The summed E-state index contributed by atoms with van der Waals surface area (Å²) in [5.41, 5.74) is -1.02. The first kappa shape index (κ1) is 12.8. The number of H-pyrrole nitrogens is 1. The molecule has 6 nitrogen and oxygen atoms in total. The summed E-state index contributed by atoms with van der Waals surface area (Å²) in [6, 6.07) is 0. The molecule has 2 heterocycles. The maximum atomic E-state index is 11.6. The third-order valence-electron chi connectivity index (χ3n) is 2.97. The van der Waals surface area contributed by atoms with E-state index in [1.807, 2.05) is 0 Å². The predicted octanol–water partition coefficient (Wildman–Crippen LogP) is 0.732. The lowest BCUT2D eigenvalue weighted by atomic mass is 9.93. The van der Waals surface area contributed by atoms with Crippen LogP contribution in [0, 0.1) is 3.57 Å². The van der Waals surface area contributed by atoms with Crippen LogP contribution in [0.4, 0.5) is 0 Å². The van der Waals surface area contributed by atoms with Gasteiger partial charge >= 0.3 is 0 Å². The molecule has 2 rings (SSSR count). The number of aromatic hydroxyl groups is 1. The lowest BCUT2D eigenvalue weighted by Gasteiger charge is -2.34. The molecule has 0 aromatic carbocycles. The maximum absolute atomic E-state index is 11.6. The number of hydrogen-bond acceptors (Lipinski definition) is 5. The van der Waals surface area contributed by atoms with E-state index in [2.05, 4.69) is 9.97 Å². The summed E-state index contributed by atoms with van der Waals surface area (Å²) in [7, 11) is 1.57. The Morgan fingerprint density at radius 3 is 2.71 bits per heavy atom. The van der Waals surface area contributed by atoms with Crippen molar-refractivity contribution in [2.75, 3.05) is 20.3 Å². The molecule has 1 aromatic rings. The zero-order valence-electron chi connectivity index (χ0n) is 9.33. The number of methoxy groups -OCH3 is 1. The summed E-state index contributed by atoms with van der Waals surface area (Å²) < 4.78 is 10.9. The number of nitrogens with zero attached hydrogens (tertiary/aromatic N) is 1. The molecule has 0 spiro atoms. The number of rotatable bonds is 2. The smallest absolute Gasteiger partial charge is 0.268 e. The summed E-state index contributed by atoms with van der Waals surface area (Å²) in [5, 5.41) is 9.60. The second-order valence-corrected chi connectivity index (χ2v) is 4.94. The fourth-order valence-electron chi connectivity index (χ4n) is 1.90. The van der Waals surface area contributed by atoms with Crippen LogP contribution in [0.15, 0.2) is 4.79 Å². The summed E-state index contributed by atoms with van der Waals surface area (Å²) >= 11 is 1.75. The van der Waals surface area contributed by atoms with Crippen LogP contribution in [-0.4, -0.2) is 35.4 Å². The fourth-order valence-corrected chi connectivity index (χ4v) is 2.16. The molecule has 1 aliphatic heterocycles. The monoisotopic (exact) mass is 352 g/mol. The van der Waals surface area contributed by atoms with Gasteiger partial charge in [0, 0.05) is 33.2 Å². The normalized spacial score (nSPS) is 19.2. The Bertz CT molecular complexity index is 468. The minimum Gasteiger partial charge on any atom is -0.492 e. The zero-order chi connectivity index (χ0) is 12.5. The highest BCUT2D eigenvalue weighted by Gasteiger charge is 2.37. The average molecular weight is 352 g/mol. The molecule has 1 saturated heterocycles. The molecular weight excluding hydrogens is 339 g/mol. The van der Waals surface area contributed by atoms with Gasteiger partial charge in [-0.05, 0) is 22.6 Å². The molecule has 0 radical (unpaired) electrons. The molecule has 0 bridgehead atoms. The predicted molar refractivity (Wildman–Crippen MR) is 68.0 cm³/mol. The van der Waals surface area contributed by atoms with Crippen LogP contribution >= 0.6 is 22.6 Å². The average Bonchev–Trinajstić information content (AvgIpc) is 2.36. The number of ether oxygens (including phenoxy) is 2. The van der Waals surface area contributed by atoms with Gasteiger partial charge in [0.05, 0.1) is 0 Å². The van der Waals surface area contributed by atoms with E-state index in [1.54, 1.807) is 29.7 Å². The highest BCUT2D eigenvalue weighted by Crippen LogP contribution is 2.33. The zero-order valence-corrected chi connectivity index (χ0v) is 11.5. The molecule has 0 saturated carbocycles. The quantitative estimate of drug-likeness (QED) is 0.767. The fraction of sp³-hybridized carbons (Fsp3) is 0.600. The molecule has 0 unspecified atom stereocenters. The maximum Gasteiger partial charge on any atom is 0.268 e. The van der Waals surface area contributed by atoms with Crippen LogP contribution in [0.3, 0.4) is 0 Å². The van der Waals surface area contributed by atoms with Crippen molar-refractivity contribution in [3.05, 3.63) is 19.7 Å². The van der Waals surface area contributed by atoms with Gasteiger partial charge in [0.1, 0.15) is 15.0 Å². The van der Waals surface area contributed by atoms with Crippen LogP contribution in [0.2, 0.25) is 0 Å². The molecule has 0 aliphatic carbocycles. The number of halogens is 1. The van der Waals surface area contributed by atoms with Gasteiger partial charge in [-0.2, -0.15) is 4.98 Å². The van der Waals surface area contributed by atoms with Gasteiger partial charge in [0.15, 0.2) is 0 Å². The van der Waals surface area contributed by atoms with E-state index in [1.165, 1.54) is 0 Å². The first-order valence-electron chi connectivity index (χ1n) is 5.21. The minimum absolute atomic E-state index is 0.185. The van der Waals surface area contributed by atoms with Gasteiger partial charge in [-0.3, -0.25) is 4.79 Å². The summed E-state index contributed by atoms with van der Waals surface area (Å²) in [4.78, 5) is 18.3. The van der Waals surface area contributed by atoms with E-state index in [0.717, 1.165) is 0 Å². The van der Waals surface area contributed by atoms with E-state index in [-0.39, 0.29) is 15.0 Å². The van der Waals surface area contributed by atoms with Crippen molar-refractivity contribution in [2.24, 2.45) is 0 Å². The third kappa shape index (κ3) is 2.31. The van der Waals surface area contributed by atoms with Gasteiger partial charge in [-0.25, -0.2) is 0 Å². The lowest BCUT2D eigenvalue weighted by molar-refractivity contribution is -0.100. The Labute approximate surface area is 111 Å². The van der Waals surface area contributed by atoms with Gasteiger partial charge in [0.2, 0.25) is 5.88 Å². The molecule has 1 aliphatic rings. The molecular formula is C10H13IN2O4. The van der Waals surface area contributed by atoms with Gasteiger partial charge in [0.25, 0.3) is 5.56 Å². The van der Waals surface area contributed by atoms with Crippen LogP contribution in [0.25, 0.3) is 0 Å². The van der Waals surface area contributed by atoms with Crippen LogP contribution in [0.5, 0.6) is 5.88 Å². The van der Waals surface area contributed by atoms with E-state index < -0.39 is 5.60 Å². The second kappa shape index (κ2) is 4.91. The molecule has 1 fully saturated rings. The van der Waals surface area contributed by atoms with E-state index in [9.17, 15) is 9.90 Å². The molecule has 7 heteroatoms. The Morgan fingerprint density at radius 2 is 2.18 bits per heavy atom. The Hall–Kier alpha value is -0.670. The van der Waals surface area contributed by atoms with Crippen LogP contribution in [-0.2, 0) is 15.1 Å². The first-order valence-corrected chi connectivity index (χ1v) is 6.29. The summed E-state index contributed by atoms with van der Waals surface area (Å²) in [5.74, 6) is 0.110. The van der Waals surface area contributed by atoms with E-state index in [0.29, 0.717) is 31.9 Å². The Balaban J connectivity index is 2.47. The molecule has 1 aromatic heterocycles. The number of hydrogen-bond donors (Lipinski definition) is 2. The molecule has 0 atom stereocenters. The van der Waals surface area contributed by atoms with Crippen molar-refractivity contribution >= 4 is 22.6 Å². The summed E-state index contributed by atoms with van der Waals surface area (Å²) in [6.07, 6.45) is 1.21. The van der Waals surface area contributed by atoms with Crippen LogP contribution < -0.4 is 5.56 Å². The Morgan fingerprint density at radius 1 is 1.53 bits per heavy atom. The SMILES string of the molecule is COC1(c2nc(O)c(I)c(=O)[nH]2)CCOCC1. The number of aromatic amines is 1. The molecule has 17 heavy (non-hydrogen) atoms. The third-order valence-corrected chi connectivity index (χ3v) is 3.94. The highest BCUT2D eigenvalue weighted by atomic mass is 127. The molecule has 0 amide bonds. The van der Waals surface area contributed by atoms with Gasteiger partial charge < -0.3 is 19.6 Å². The van der Waals surface area contributed by atoms with Crippen molar-refractivity contribution < 1.29 is 14.6 Å². The van der Waals surface area contributed by atoms with Crippen molar-refractivity contribution in [1.82, 2.24) is 9.97 Å².